The van der Waals surface area contributed by atoms with E-state index in [0.717, 1.165) is 49.9 Å². The second kappa shape index (κ2) is 5.49. The Bertz CT molecular complexity index is 513. The standard InChI is InChI=1S/C16H21BrN2O/c1-18-8-3-9-19(11-10-18)15(20)16(6-7-16)13-4-2-5-14(17)12-13/h2,4-5,12H,3,6-11H2,1H3. The van der Waals surface area contributed by atoms with E-state index in [9.17, 15) is 4.79 Å². The molecule has 1 saturated carbocycles. The van der Waals surface area contributed by atoms with Crippen molar-refractivity contribution in [2.45, 2.75) is 24.7 Å². The molecule has 0 radical (unpaired) electrons. The smallest absolute Gasteiger partial charge is 0.233 e. The first kappa shape index (κ1) is 14.1. The van der Waals surface area contributed by atoms with E-state index in [0.29, 0.717) is 5.91 Å². The fourth-order valence-electron chi connectivity index (χ4n) is 3.09. The minimum atomic E-state index is -0.229. The quantitative estimate of drug-likeness (QED) is 0.828. The molecule has 1 saturated heterocycles. The Hall–Kier alpha value is -0.870. The van der Waals surface area contributed by atoms with Crippen molar-refractivity contribution >= 4 is 21.8 Å². The van der Waals surface area contributed by atoms with Gasteiger partial charge in [-0.1, -0.05) is 28.1 Å². The summed E-state index contributed by atoms with van der Waals surface area (Å²) in [6.07, 6.45) is 3.07. The van der Waals surface area contributed by atoms with Crippen LogP contribution in [0.3, 0.4) is 0 Å². The first-order valence-electron chi connectivity index (χ1n) is 7.36. The van der Waals surface area contributed by atoms with Crippen LogP contribution in [0.4, 0.5) is 0 Å². The Kier molecular flexibility index (Phi) is 3.87. The average Bonchev–Trinajstić information content (AvgIpc) is 3.23. The molecule has 108 valence electrons. The van der Waals surface area contributed by atoms with E-state index in [1.807, 2.05) is 12.1 Å². The SMILES string of the molecule is CN1CCCN(C(=O)C2(c3cccc(Br)c3)CC2)CC1. The monoisotopic (exact) mass is 336 g/mol. The molecule has 1 aliphatic carbocycles. The summed E-state index contributed by atoms with van der Waals surface area (Å²) in [7, 11) is 2.13. The average molecular weight is 337 g/mol. The predicted octanol–water partition coefficient (Wildman–Crippen LogP) is 2.64. The Morgan fingerprint density at radius 1 is 1.20 bits per heavy atom. The lowest BCUT2D eigenvalue weighted by Crippen LogP contribution is -2.41. The lowest BCUT2D eigenvalue weighted by Gasteiger charge is -2.26. The van der Waals surface area contributed by atoms with E-state index in [4.69, 9.17) is 0 Å². The summed E-state index contributed by atoms with van der Waals surface area (Å²) >= 11 is 3.52. The molecule has 20 heavy (non-hydrogen) atoms. The van der Waals surface area contributed by atoms with Crippen LogP contribution in [0, 0.1) is 0 Å². The van der Waals surface area contributed by atoms with E-state index in [2.05, 4.69) is 44.9 Å². The molecule has 1 amide bonds. The number of halogens is 1. The number of rotatable bonds is 2. The maximum atomic E-state index is 12.9. The van der Waals surface area contributed by atoms with Crippen molar-refractivity contribution < 1.29 is 4.79 Å². The van der Waals surface area contributed by atoms with Gasteiger partial charge in [0.2, 0.25) is 5.91 Å². The van der Waals surface area contributed by atoms with Gasteiger partial charge in [-0.3, -0.25) is 4.79 Å². The summed E-state index contributed by atoms with van der Waals surface area (Å²) in [5.74, 6) is 0.339. The van der Waals surface area contributed by atoms with Crippen molar-refractivity contribution in [2.24, 2.45) is 0 Å². The van der Waals surface area contributed by atoms with Crippen molar-refractivity contribution in [3.63, 3.8) is 0 Å². The van der Waals surface area contributed by atoms with Gasteiger partial charge in [0, 0.05) is 24.1 Å². The highest BCUT2D eigenvalue weighted by Gasteiger charge is 2.53. The van der Waals surface area contributed by atoms with Crippen LogP contribution in [-0.4, -0.2) is 48.9 Å². The molecule has 2 aliphatic rings. The van der Waals surface area contributed by atoms with Crippen LogP contribution >= 0.6 is 15.9 Å². The molecule has 0 spiro atoms. The molecule has 1 heterocycles. The van der Waals surface area contributed by atoms with Crippen molar-refractivity contribution in [3.05, 3.63) is 34.3 Å². The van der Waals surface area contributed by atoms with E-state index in [1.54, 1.807) is 0 Å². The number of benzene rings is 1. The zero-order valence-corrected chi connectivity index (χ0v) is 13.5. The highest BCUT2D eigenvalue weighted by molar-refractivity contribution is 9.10. The van der Waals surface area contributed by atoms with Crippen LogP contribution < -0.4 is 0 Å². The van der Waals surface area contributed by atoms with Gasteiger partial charge in [-0.2, -0.15) is 0 Å². The minimum absolute atomic E-state index is 0.229. The van der Waals surface area contributed by atoms with E-state index < -0.39 is 0 Å². The van der Waals surface area contributed by atoms with Crippen molar-refractivity contribution in [1.82, 2.24) is 9.80 Å². The summed E-state index contributed by atoms with van der Waals surface area (Å²) in [5.41, 5.74) is 0.946. The Morgan fingerprint density at radius 2 is 2.00 bits per heavy atom. The van der Waals surface area contributed by atoms with Crippen molar-refractivity contribution in [3.8, 4) is 0 Å². The lowest BCUT2D eigenvalue weighted by molar-refractivity contribution is -0.133. The number of carbonyl (C=O) groups is 1. The number of hydrogen-bond acceptors (Lipinski definition) is 2. The van der Waals surface area contributed by atoms with E-state index >= 15 is 0 Å². The minimum Gasteiger partial charge on any atom is -0.341 e. The molecule has 2 fully saturated rings. The second-order valence-electron chi connectivity index (χ2n) is 6.04. The molecule has 0 N–H and O–H groups in total. The highest BCUT2D eigenvalue weighted by Crippen LogP contribution is 2.50. The predicted molar refractivity (Wildman–Crippen MR) is 83.7 cm³/mol. The molecule has 0 unspecified atom stereocenters. The molecule has 4 heteroatoms. The molecular weight excluding hydrogens is 316 g/mol. The van der Waals surface area contributed by atoms with E-state index in [-0.39, 0.29) is 5.41 Å². The fraction of sp³-hybridized carbons (Fsp3) is 0.562. The fourth-order valence-corrected chi connectivity index (χ4v) is 3.49. The van der Waals surface area contributed by atoms with Crippen LogP contribution in [0.15, 0.2) is 28.7 Å². The number of carbonyl (C=O) groups excluding carboxylic acids is 1. The first-order valence-corrected chi connectivity index (χ1v) is 8.15. The topological polar surface area (TPSA) is 23.6 Å². The van der Waals surface area contributed by atoms with Crippen LogP contribution in [-0.2, 0) is 10.2 Å². The Labute approximate surface area is 129 Å². The molecular formula is C16H21BrN2O. The first-order chi connectivity index (χ1) is 9.62. The number of likely N-dealkylation sites (N-methyl/N-ethyl adjacent to an activating group) is 1. The highest BCUT2D eigenvalue weighted by atomic mass is 79.9. The maximum Gasteiger partial charge on any atom is 0.233 e. The maximum absolute atomic E-state index is 12.9. The van der Waals surface area contributed by atoms with Gasteiger partial charge in [0.15, 0.2) is 0 Å². The van der Waals surface area contributed by atoms with Gasteiger partial charge < -0.3 is 9.80 Å². The third-order valence-corrected chi connectivity index (χ3v) is 5.04. The molecule has 0 aromatic heterocycles. The molecule has 0 bridgehead atoms. The van der Waals surface area contributed by atoms with Gasteiger partial charge in [0.05, 0.1) is 5.41 Å². The lowest BCUT2D eigenvalue weighted by atomic mass is 9.94. The summed E-state index contributed by atoms with van der Waals surface area (Å²) in [6.45, 7) is 3.85. The summed E-state index contributed by atoms with van der Waals surface area (Å²) in [6, 6.07) is 8.25. The van der Waals surface area contributed by atoms with Gasteiger partial charge in [-0.15, -0.1) is 0 Å². The molecule has 3 nitrogen and oxygen atoms in total. The van der Waals surface area contributed by atoms with E-state index in [1.165, 1.54) is 5.56 Å². The largest absolute Gasteiger partial charge is 0.341 e. The van der Waals surface area contributed by atoms with Gasteiger partial charge in [0.1, 0.15) is 0 Å². The number of nitrogens with zero attached hydrogens (tertiary/aromatic N) is 2. The van der Waals surface area contributed by atoms with Crippen LogP contribution in [0.5, 0.6) is 0 Å². The zero-order valence-electron chi connectivity index (χ0n) is 11.9. The van der Waals surface area contributed by atoms with Crippen molar-refractivity contribution in [1.29, 1.82) is 0 Å². The summed E-state index contributed by atoms with van der Waals surface area (Å²) in [5, 5.41) is 0. The molecule has 0 atom stereocenters. The zero-order chi connectivity index (χ0) is 14.2. The van der Waals surface area contributed by atoms with Gasteiger partial charge in [-0.25, -0.2) is 0 Å². The molecule has 1 aliphatic heterocycles. The van der Waals surface area contributed by atoms with Gasteiger partial charge in [0.25, 0.3) is 0 Å². The van der Waals surface area contributed by atoms with Crippen LogP contribution in [0.25, 0.3) is 0 Å². The number of hydrogen-bond donors (Lipinski definition) is 0. The van der Waals surface area contributed by atoms with Crippen LogP contribution in [0.2, 0.25) is 0 Å². The molecule has 3 rings (SSSR count). The third kappa shape index (κ3) is 2.63. The molecule has 1 aromatic carbocycles. The van der Waals surface area contributed by atoms with Gasteiger partial charge in [-0.05, 0) is 50.6 Å². The Morgan fingerprint density at radius 3 is 2.70 bits per heavy atom. The number of amides is 1. The third-order valence-electron chi connectivity index (χ3n) is 4.54. The summed E-state index contributed by atoms with van der Waals surface area (Å²) in [4.78, 5) is 17.3. The van der Waals surface area contributed by atoms with Crippen molar-refractivity contribution in [2.75, 3.05) is 33.2 Å². The Balaban J connectivity index is 1.79. The normalized spacial score (nSPS) is 22.4. The summed E-state index contributed by atoms with van der Waals surface area (Å²) < 4.78 is 1.06. The second-order valence-corrected chi connectivity index (χ2v) is 6.96. The van der Waals surface area contributed by atoms with Gasteiger partial charge >= 0.3 is 0 Å². The molecule has 1 aromatic rings. The van der Waals surface area contributed by atoms with Crippen LogP contribution in [0.1, 0.15) is 24.8 Å².